The van der Waals surface area contributed by atoms with Crippen molar-refractivity contribution in [3.63, 3.8) is 0 Å². The van der Waals surface area contributed by atoms with Crippen LogP contribution in [0.4, 0.5) is 5.69 Å². The van der Waals surface area contributed by atoms with Crippen LogP contribution in [0.5, 0.6) is 0 Å². The average Bonchev–Trinajstić information content (AvgIpc) is 2.38. The highest BCUT2D eigenvalue weighted by Gasteiger charge is 2.09. The van der Waals surface area contributed by atoms with Crippen molar-refractivity contribution in [3.8, 4) is 0 Å². The lowest BCUT2D eigenvalue weighted by Gasteiger charge is -2.24. The number of hydrogen-bond acceptors (Lipinski definition) is 2. The summed E-state index contributed by atoms with van der Waals surface area (Å²) in [4.78, 5) is 6.33. The maximum absolute atomic E-state index is 6.13. The predicted molar refractivity (Wildman–Crippen MR) is 82.2 cm³/mol. The Morgan fingerprint density at radius 2 is 1.95 bits per heavy atom. The van der Waals surface area contributed by atoms with Crippen LogP contribution in [-0.2, 0) is 6.54 Å². The molecule has 2 aromatic rings. The fraction of sp³-hybridized carbons (Fsp3) is 0.267. The molecule has 0 fully saturated rings. The molecule has 1 aromatic heterocycles. The van der Waals surface area contributed by atoms with E-state index in [0.29, 0.717) is 10.3 Å². The second-order valence-corrected chi connectivity index (χ2v) is 5.18. The molecule has 2 rings (SSSR count). The molecule has 2 nitrogen and oxygen atoms in total. The number of rotatable bonds is 4. The van der Waals surface area contributed by atoms with Gasteiger partial charge in [0.1, 0.15) is 10.3 Å². The number of aromatic nitrogens is 1. The Morgan fingerprint density at radius 1 is 1.16 bits per heavy atom. The first-order valence-electron chi connectivity index (χ1n) is 6.22. The van der Waals surface area contributed by atoms with Crippen LogP contribution in [0.25, 0.3) is 0 Å². The van der Waals surface area contributed by atoms with E-state index in [2.05, 4.69) is 48.0 Å². The SMILES string of the molecule is CCN(Cc1ccc(Cl)nc1Cl)c1cccc(C)c1. The number of halogens is 2. The van der Waals surface area contributed by atoms with Gasteiger partial charge < -0.3 is 4.90 Å². The largest absolute Gasteiger partial charge is 0.367 e. The minimum absolute atomic E-state index is 0.423. The standard InChI is InChI=1S/C15H16Cl2N2/c1-3-19(13-6-4-5-11(2)9-13)10-12-7-8-14(16)18-15(12)17/h4-9H,3,10H2,1-2H3. The van der Waals surface area contributed by atoms with Crippen molar-refractivity contribution in [1.29, 1.82) is 0 Å². The summed E-state index contributed by atoms with van der Waals surface area (Å²) >= 11 is 11.9. The van der Waals surface area contributed by atoms with Crippen molar-refractivity contribution in [1.82, 2.24) is 4.98 Å². The molecule has 0 bridgehead atoms. The monoisotopic (exact) mass is 294 g/mol. The fourth-order valence-electron chi connectivity index (χ4n) is 1.97. The van der Waals surface area contributed by atoms with Gasteiger partial charge in [-0.2, -0.15) is 0 Å². The fourth-order valence-corrected chi connectivity index (χ4v) is 2.38. The molecule has 0 N–H and O–H groups in total. The van der Waals surface area contributed by atoms with Crippen molar-refractivity contribution in [2.24, 2.45) is 0 Å². The molecule has 0 spiro atoms. The third-order valence-corrected chi connectivity index (χ3v) is 3.54. The summed E-state index contributed by atoms with van der Waals surface area (Å²) in [6.07, 6.45) is 0. The Balaban J connectivity index is 2.24. The van der Waals surface area contributed by atoms with E-state index >= 15 is 0 Å². The maximum atomic E-state index is 6.13. The van der Waals surface area contributed by atoms with Crippen LogP contribution in [-0.4, -0.2) is 11.5 Å². The number of benzene rings is 1. The molecule has 0 atom stereocenters. The van der Waals surface area contributed by atoms with Crippen molar-refractivity contribution < 1.29 is 0 Å². The van der Waals surface area contributed by atoms with Gasteiger partial charge in [0.2, 0.25) is 0 Å². The third-order valence-electron chi connectivity index (χ3n) is 3.00. The normalized spacial score (nSPS) is 10.5. The molecule has 0 amide bonds. The van der Waals surface area contributed by atoms with Crippen LogP contribution in [0.15, 0.2) is 36.4 Å². The molecular formula is C15H16Cl2N2. The number of anilines is 1. The summed E-state index contributed by atoms with van der Waals surface area (Å²) in [6.45, 7) is 5.85. The summed E-state index contributed by atoms with van der Waals surface area (Å²) < 4.78 is 0. The van der Waals surface area contributed by atoms with E-state index in [1.54, 1.807) is 6.07 Å². The van der Waals surface area contributed by atoms with Crippen LogP contribution in [0.3, 0.4) is 0 Å². The Hall–Kier alpha value is -1.25. The van der Waals surface area contributed by atoms with Gasteiger partial charge >= 0.3 is 0 Å². The summed E-state index contributed by atoms with van der Waals surface area (Å²) in [6, 6.07) is 12.1. The Morgan fingerprint density at radius 3 is 2.58 bits per heavy atom. The third kappa shape index (κ3) is 3.62. The molecule has 0 unspecified atom stereocenters. The zero-order valence-electron chi connectivity index (χ0n) is 11.0. The number of pyridine rings is 1. The quantitative estimate of drug-likeness (QED) is 0.758. The van der Waals surface area contributed by atoms with E-state index in [1.165, 1.54) is 11.3 Å². The van der Waals surface area contributed by atoms with Gasteiger partial charge in [-0.3, -0.25) is 0 Å². The topological polar surface area (TPSA) is 16.1 Å². The van der Waals surface area contributed by atoms with E-state index in [-0.39, 0.29) is 0 Å². The Labute approximate surface area is 124 Å². The molecule has 0 saturated heterocycles. The summed E-state index contributed by atoms with van der Waals surface area (Å²) in [7, 11) is 0. The first kappa shape index (κ1) is 14.2. The highest BCUT2D eigenvalue weighted by Crippen LogP contribution is 2.22. The number of aryl methyl sites for hydroxylation is 1. The molecule has 0 aliphatic carbocycles. The van der Waals surface area contributed by atoms with Gasteiger partial charge in [-0.15, -0.1) is 0 Å². The molecule has 19 heavy (non-hydrogen) atoms. The van der Waals surface area contributed by atoms with Crippen LogP contribution in [0, 0.1) is 6.92 Å². The van der Waals surface area contributed by atoms with Crippen LogP contribution >= 0.6 is 23.2 Å². The van der Waals surface area contributed by atoms with Crippen molar-refractivity contribution in [2.75, 3.05) is 11.4 Å². The van der Waals surface area contributed by atoms with Crippen LogP contribution < -0.4 is 4.90 Å². The van der Waals surface area contributed by atoms with Crippen LogP contribution in [0.2, 0.25) is 10.3 Å². The molecule has 1 aromatic carbocycles. The van der Waals surface area contributed by atoms with E-state index in [1.807, 2.05) is 6.07 Å². The number of nitrogens with zero attached hydrogens (tertiary/aromatic N) is 2. The van der Waals surface area contributed by atoms with Gasteiger partial charge in [0.05, 0.1) is 0 Å². The lowest BCUT2D eigenvalue weighted by Crippen LogP contribution is -2.22. The molecule has 0 aliphatic rings. The predicted octanol–water partition coefficient (Wildman–Crippen LogP) is 4.72. The zero-order valence-corrected chi connectivity index (χ0v) is 12.5. The molecule has 0 saturated carbocycles. The van der Waals surface area contributed by atoms with Crippen molar-refractivity contribution >= 4 is 28.9 Å². The molecule has 0 aliphatic heterocycles. The van der Waals surface area contributed by atoms with Gasteiger partial charge in [-0.1, -0.05) is 41.4 Å². The zero-order chi connectivity index (χ0) is 13.8. The van der Waals surface area contributed by atoms with E-state index < -0.39 is 0 Å². The number of hydrogen-bond donors (Lipinski definition) is 0. The van der Waals surface area contributed by atoms with E-state index in [9.17, 15) is 0 Å². The van der Waals surface area contributed by atoms with Gasteiger partial charge in [0, 0.05) is 24.3 Å². The van der Waals surface area contributed by atoms with Crippen LogP contribution in [0.1, 0.15) is 18.1 Å². The molecular weight excluding hydrogens is 279 g/mol. The molecule has 4 heteroatoms. The first-order chi connectivity index (χ1) is 9.10. The van der Waals surface area contributed by atoms with Crippen molar-refractivity contribution in [2.45, 2.75) is 20.4 Å². The summed E-state index contributed by atoms with van der Waals surface area (Å²) in [5.74, 6) is 0. The molecule has 1 heterocycles. The van der Waals surface area contributed by atoms with Gasteiger partial charge in [0.25, 0.3) is 0 Å². The van der Waals surface area contributed by atoms with Gasteiger partial charge in [-0.25, -0.2) is 4.98 Å². The second-order valence-electron chi connectivity index (χ2n) is 4.44. The minimum atomic E-state index is 0.423. The lowest BCUT2D eigenvalue weighted by molar-refractivity contribution is 0.828. The average molecular weight is 295 g/mol. The minimum Gasteiger partial charge on any atom is -0.367 e. The second kappa shape index (κ2) is 6.27. The van der Waals surface area contributed by atoms with E-state index in [4.69, 9.17) is 23.2 Å². The van der Waals surface area contributed by atoms with Gasteiger partial charge in [-0.05, 0) is 37.6 Å². The van der Waals surface area contributed by atoms with Crippen molar-refractivity contribution in [3.05, 3.63) is 57.8 Å². The molecule has 100 valence electrons. The summed E-state index contributed by atoms with van der Waals surface area (Å²) in [5.41, 5.74) is 3.42. The highest BCUT2D eigenvalue weighted by atomic mass is 35.5. The molecule has 0 radical (unpaired) electrons. The van der Waals surface area contributed by atoms with Gasteiger partial charge in [0.15, 0.2) is 0 Å². The smallest absolute Gasteiger partial charge is 0.135 e. The highest BCUT2D eigenvalue weighted by molar-refractivity contribution is 6.32. The first-order valence-corrected chi connectivity index (χ1v) is 6.98. The maximum Gasteiger partial charge on any atom is 0.135 e. The Kier molecular flexibility index (Phi) is 4.67. The van der Waals surface area contributed by atoms with E-state index in [0.717, 1.165) is 18.7 Å². The Bertz CT molecular complexity index is 570. The lowest BCUT2D eigenvalue weighted by atomic mass is 10.2. The summed E-state index contributed by atoms with van der Waals surface area (Å²) in [5, 5.41) is 0.894.